The predicted octanol–water partition coefficient (Wildman–Crippen LogP) is 2.16. The number of nitrogens with one attached hydrogen (secondary N) is 2. The van der Waals surface area contributed by atoms with Crippen LogP contribution in [-0.2, 0) is 11.3 Å². The molecule has 20 heavy (non-hydrogen) atoms. The van der Waals surface area contributed by atoms with Crippen LogP contribution in [0, 0.1) is 0 Å². The summed E-state index contributed by atoms with van der Waals surface area (Å²) >= 11 is 0. The smallest absolute Gasteiger partial charge is 0.337 e. The molecule has 0 saturated carbocycles. The van der Waals surface area contributed by atoms with Crippen LogP contribution in [0.4, 0.5) is 0 Å². The van der Waals surface area contributed by atoms with Crippen LogP contribution in [0.5, 0.6) is 0 Å². The molecule has 0 heterocycles. The quantitative estimate of drug-likeness (QED) is 0.358. The number of rotatable bonds is 4. The Morgan fingerprint density at radius 2 is 1.90 bits per heavy atom. The molecule has 6 heteroatoms. The summed E-state index contributed by atoms with van der Waals surface area (Å²) in [5.74, 6) is 0.434. The van der Waals surface area contributed by atoms with Crippen LogP contribution in [0.1, 0.15) is 29.8 Å². The zero-order valence-electron chi connectivity index (χ0n) is 12.3. The third-order valence-corrected chi connectivity index (χ3v) is 2.48. The summed E-state index contributed by atoms with van der Waals surface area (Å²) in [6, 6.07) is 7.61. The highest BCUT2D eigenvalue weighted by molar-refractivity contribution is 14.0. The molecule has 2 N–H and O–H groups in total. The minimum atomic E-state index is -0.322. The van der Waals surface area contributed by atoms with Gasteiger partial charge in [-0.2, -0.15) is 0 Å². The van der Waals surface area contributed by atoms with Crippen molar-refractivity contribution in [2.75, 3.05) is 14.2 Å². The van der Waals surface area contributed by atoms with E-state index in [2.05, 4.69) is 34.2 Å². The van der Waals surface area contributed by atoms with Crippen LogP contribution in [0.2, 0.25) is 0 Å². The van der Waals surface area contributed by atoms with Crippen molar-refractivity contribution >= 4 is 35.9 Å². The van der Waals surface area contributed by atoms with Gasteiger partial charge in [-0.25, -0.2) is 4.79 Å². The highest BCUT2D eigenvalue weighted by Crippen LogP contribution is 2.05. The molecular weight excluding hydrogens is 369 g/mol. The molecule has 0 amide bonds. The van der Waals surface area contributed by atoms with E-state index in [9.17, 15) is 4.79 Å². The van der Waals surface area contributed by atoms with Crippen molar-refractivity contribution in [3.8, 4) is 0 Å². The maximum atomic E-state index is 11.3. The zero-order chi connectivity index (χ0) is 14.3. The second-order valence-electron chi connectivity index (χ2n) is 4.41. The molecule has 1 aromatic carbocycles. The number of nitrogens with zero attached hydrogens (tertiary/aromatic N) is 1. The number of carbonyl (C=O) groups is 1. The van der Waals surface area contributed by atoms with E-state index < -0.39 is 0 Å². The third-order valence-electron chi connectivity index (χ3n) is 2.48. The Morgan fingerprint density at radius 3 is 2.35 bits per heavy atom. The predicted molar refractivity (Wildman–Crippen MR) is 91.7 cm³/mol. The van der Waals surface area contributed by atoms with Crippen molar-refractivity contribution in [1.82, 2.24) is 10.6 Å². The molecule has 0 aliphatic carbocycles. The number of benzene rings is 1. The molecule has 112 valence electrons. The van der Waals surface area contributed by atoms with Gasteiger partial charge in [0.2, 0.25) is 0 Å². The van der Waals surface area contributed by atoms with E-state index in [0.29, 0.717) is 18.2 Å². The normalized spacial score (nSPS) is 10.8. The molecule has 1 rings (SSSR count). The molecule has 0 aromatic heterocycles. The second-order valence-corrected chi connectivity index (χ2v) is 4.41. The number of hydrogen-bond donors (Lipinski definition) is 2. The first kappa shape index (κ1) is 18.7. The number of halogens is 1. The van der Waals surface area contributed by atoms with Crippen molar-refractivity contribution in [3.05, 3.63) is 35.4 Å². The number of aliphatic imine (C=N–C) groups is 1. The van der Waals surface area contributed by atoms with Gasteiger partial charge in [0.15, 0.2) is 5.96 Å². The summed E-state index contributed by atoms with van der Waals surface area (Å²) in [7, 11) is 3.11. The van der Waals surface area contributed by atoms with Crippen molar-refractivity contribution in [2.45, 2.75) is 26.4 Å². The number of ether oxygens (including phenoxy) is 1. The maximum Gasteiger partial charge on any atom is 0.337 e. The van der Waals surface area contributed by atoms with Crippen molar-refractivity contribution in [2.24, 2.45) is 4.99 Å². The summed E-state index contributed by atoms with van der Waals surface area (Å²) < 4.78 is 4.65. The maximum absolute atomic E-state index is 11.3. The van der Waals surface area contributed by atoms with Crippen LogP contribution in [0.15, 0.2) is 29.3 Å². The van der Waals surface area contributed by atoms with E-state index in [1.54, 1.807) is 19.2 Å². The molecule has 0 atom stereocenters. The van der Waals surface area contributed by atoms with Crippen LogP contribution >= 0.6 is 24.0 Å². The Balaban J connectivity index is 0.00000361. The molecule has 0 unspecified atom stereocenters. The largest absolute Gasteiger partial charge is 0.465 e. The summed E-state index contributed by atoms with van der Waals surface area (Å²) in [4.78, 5) is 15.4. The Labute approximate surface area is 137 Å². The van der Waals surface area contributed by atoms with Crippen LogP contribution in [0.25, 0.3) is 0 Å². The summed E-state index contributed by atoms with van der Waals surface area (Å²) in [6.45, 7) is 4.75. The lowest BCUT2D eigenvalue weighted by Gasteiger charge is -2.14. The van der Waals surface area contributed by atoms with E-state index in [-0.39, 0.29) is 29.9 Å². The number of methoxy groups -OCH3 is 1. The van der Waals surface area contributed by atoms with Crippen molar-refractivity contribution in [3.63, 3.8) is 0 Å². The van der Waals surface area contributed by atoms with E-state index >= 15 is 0 Å². The Morgan fingerprint density at radius 1 is 1.30 bits per heavy atom. The number of esters is 1. The van der Waals surface area contributed by atoms with E-state index in [1.165, 1.54) is 7.11 Å². The van der Waals surface area contributed by atoms with Crippen molar-refractivity contribution in [1.29, 1.82) is 0 Å². The van der Waals surface area contributed by atoms with E-state index in [4.69, 9.17) is 0 Å². The van der Waals surface area contributed by atoms with Crippen LogP contribution < -0.4 is 10.6 Å². The van der Waals surface area contributed by atoms with E-state index in [0.717, 1.165) is 11.5 Å². The first-order valence-corrected chi connectivity index (χ1v) is 6.21. The van der Waals surface area contributed by atoms with Gasteiger partial charge in [0, 0.05) is 19.6 Å². The lowest BCUT2D eigenvalue weighted by atomic mass is 10.1. The van der Waals surface area contributed by atoms with Gasteiger partial charge in [0.1, 0.15) is 0 Å². The molecule has 5 nitrogen and oxygen atoms in total. The molecule has 0 spiro atoms. The highest BCUT2D eigenvalue weighted by atomic mass is 127. The van der Waals surface area contributed by atoms with Gasteiger partial charge >= 0.3 is 5.97 Å². The third kappa shape index (κ3) is 6.23. The molecule has 0 aliphatic heterocycles. The zero-order valence-corrected chi connectivity index (χ0v) is 14.6. The van der Waals surface area contributed by atoms with Gasteiger partial charge in [-0.15, -0.1) is 24.0 Å². The average Bonchev–Trinajstić information content (AvgIpc) is 2.42. The minimum Gasteiger partial charge on any atom is -0.465 e. The lowest BCUT2D eigenvalue weighted by molar-refractivity contribution is 0.0600. The fourth-order valence-electron chi connectivity index (χ4n) is 1.53. The highest BCUT2D eigenvalue weighted by Gasteiger charge is 2.05. The van der Waals surface area contributed by atoms with Crippen LogP contribution in [0.3, 0.4) is 0 Å². The molecule has 0 radical (unpaired) electrons. The average molecular weight is 391 g/mol. The minimum absolute atomic E-state index is 0. The topological polar surface area (TPSA) is 62.7 Å². The van der Waals surface area contributed by atoms with Gasteiger partial charge in [-0.1, -0.05) is 12.1 Å². The number of hydrogen-bond acceptors (Lipinski definition) is 3. The molecule has 0 bridgehead atoms. The van der Waals surface area contributed by atoms with Gasteiger partial charge in [-0.05, 0) is 31.5 Å². The van der Waals surface area contributed by atoms with E-state index in [1.807, 2.05) is 12.1 Å². The van der Waals surface area contributed by atoms with Crippen LogP contribution in [-0.4, -0.2) is 32.1 Å². The molecule has 0 fully saturated rings. The Hall–Kier alpha value is -1.31. The SMILES string of the molecule is CN=C(NCc1ccc(C(=O)OC)cc1)NC(C)C.I. The first-order valence-electron chi connectivity index (χ1n) is 6.21. The summed E-state index contributed by atoms with van der Waals surface area (Å²) in [5, 5.41) is 6.41. The van der Waals surface area contributed by atoms with Gasteiger partial charge in [0.05, 0.1) is 12.7 Å². The Kier molecular flexibility index (Phi) is 8.94. The number of guanidine groups is 1. The van der Waals surface area contributed by atoms with Gasteiger partial charge < -0.3 is 15.4 Å². The van der Waals surface area contributed by atoms with Gasteiger partial charge in [0.25, 0.3) is 0 Å². The number of carbonyl (C=O) groups excluding carboxylic acids is 1. The standard InChI is InChI=1S/C14H21N3O2.HI/c1-10(2)17-14(15-3)16-9-11-5-7-12(8-6-11)13(18)19-4;/h5-8,10H,9H2,1-4H3,(H2,15,16,17);1H. The molecule has 1 aromatic rings. The fraction of sp³-hybridized carbons (Fsp3) is 0.429. The molecular formula is C14H22IN3O2. The van der Waals surface area contributed by atoms with Crippen molar-refractivity contribution < 1.29 is 9.53 Å². The Bertz CT molecular complexity index is 444. The monoisotopic (exact) mass is 391 g/mol. The second kappa shape index (κ2) is 9.57. The first-order chi connectivity index (χ1) is 9.06. The summed E-state index contributed by atoms with van der Waals surface area (Å²) in [6.07, 6.45) is 0. The molecule has 0 aliphatic rings. The summed E-state index contributed by atoms with van der Waals surface area (Å²) in [5.41, 5.74) is 1.62. The lowest BCUT2D eigenvalue weighted by Crippen LogP contribution is -2.40. The fourth-order valence-corrected chi connectivity index (χ4v) is 1.53. The molecule has 0 saturated heterocycles. The van der Waals surface area contributed by atoms with Gasteiger partial charge in [-0.3, -0.25) is 4.99 Å².